The van der Waals surface area contributed by atoms with Crippen molar-refractivity contribution in [3.05, 3.63) is 52.4 Å². The molecular formula is C14H17NO3. The molecule has 1 aromatic carbocycles. The topological polar surface area (TPSA) is 56.2 Å². The summed E-state index contributed by atoms with van der Waals surface area (Å²) in [4.78, 5) is 10.7. The van der Waals surface area contributed by atoms with Gasteiger partial charge in [-0.1, -0.05) is 44.2 Å². The van der Waals surface area contributed by atoms with Crippen LogP contribution in [0.4, 0.5) is 0 Å². The molecule has 4 nitrogen and oxygen atoms in total. The average molecular weight is 247 g/mol. The molecule has 0 aliphatic carbocycles. The zero-order valence-corrected chi connectivity index (χ0v) is 10.7. The molecular weight excluding hydrogens is 230 g/mol. The van der Waals surface area contributed by atoms with E-state index in [0.29, 0.717) is 12.3 Å². The molecule has 0 aliphatic rings. The maximum absolute atomic E-state index is 10.7. The van der Waals surface area contributed by atoms with Crippen LogP contribution in [0.5, 0.6) is 0 Å². The largest absolute Gasteiger partial charge is 0.542 e. The van der Waals surface area contributed by atoms with Crippen molar-refractivity contribution in [2.75, 3.05) is 0 Å². The lowest BCUT2D eigenvalue weighted by Crippen LogP contribution is -2.17. The Labute approximate surface area is 106 Å². The molecule has 1 heterocycles. The normalized spacial score (nSPS) is 11.7. The highest BCUT2D eigenvalue weighted by Crippen LogP contribution is 2.28. The van der Waals surface area contributed by atoms with E-state index in [1.807, 2.05) is 18.2 Å². The molecule has 96 valence electrons. The summed E-state index contributed by atoms with van der Waals surface area (Å²) >= 11 is 0. The van der Waals surface area contributed by atoms with Gasteiger partial charge in [0.15, 0.2) is 0 Å². The Hall–Kier alpha value is -1.84. The van der Waals surface area contributed by atoms with Gasteiger partial charge in [-0.2, -0.15) is 0 Å². The number of aryl methyl sites for hydroxylation is 1. The van der Waals surface area contributed by atoms with Crippen LogP contribution in [0.1, 0.15) is 38.1 Å². The van der Waals surface area contributed by atoms with E-state index in [4.69, 9.17) is 4.42 Å². The molecule has 0 saturated heterocycles. The van der Waals surface area contributed by atoms with Crippen LogP contribution in [0.3, 0.4) is 0 Å². The van der Waals surface area contributed by atoms with E-state index in [2.05, 4.69) is 35.7 Å². The van der Waals surface area contributed by atoms with E-state index in [9.17, 15) is 4.79 Å². The number of rotatable bonds is 5. The van der Waals surface area contributed by atoms with E-state index >= 15 is 0 Å². The Morgan fingerprint density at radius 2 is 1.94 bits per heavy atom. The summed E-state index contributed by atoms with van der Waals surface area (Å²) in [5, 5.41) is 3.55. The molecule has 0 bridgehead atoms. The van der Waals surface area contributed by atoms with Crippen molar-refractivity contribution < 1.29 is 8.94 Å². The second-order valence-electron chi connectivity index (χ2n) is 5.03. The van der Waals surface area contributed by atoms with Crippen molar-refractivity contribution in [2.45, 2.75) is 38.5 Å². The molecule has 18 heavy (non-hydrogen) atoms. The highest BCUT2D eigenvalue weighted by Gasteiger charge is 2.20. The maximum Gasteiger partial charge on any atom is 0.542 e. The molecule has 0 aliphatic heterocycles. The molecule has 0 fully saturated rings. The van der Waals surface area contributed by atoms with E-state index in [-0.39, 0.29) is 5.41 Å². The van der Waals surface area contributed by atoms with Gasteiger partial charge in [0.05, 0.1) is 0 Å². The summed E-state index contributed by atoms with van der Waals surface area (Å²) in [7, 11) is 0. The Kier molecular flexibility index (Phi) is 3.65. The van der Waals surface area contributed by atoms with Gasteiger partial charge in [-0.3, -0.25) is 4.52 Å². The zero-order chi connectivity index (χ0) is 13.0. The SMILES string of the molecule is CC(C)(CCCc1noc(=O)o1)c1ccccc1. The van der Waals surface area contributed by atoms with Gasteiger partial charge >= 0.3 is 5.82 Å². The minimum atomic E-state index is -0.729. The summed E-state index contributed by atoms with van der Waals surface area (Å²) in [6.07, 6.45) is 2.52. The van der Waals surface area contributed by atoms with E-state index in [1.54, 1.807) is 0 Å². The maximum atomic E-state index is 10.7. The van der Waals surface area contributed by atoms with Crippen LogP contribution >= 0.6 is 0 Å². The first kappa shape index (κ1) is 12.6. The Morgan fingerprint density at radius 1 is 1.22 bits per heavy atom. The third-order valence-corrected chi connectivity index (χ3v) is 3.17. The van der Waals surface area contributed by atoms with Gasteiger partial charge in [-0.05, 0) is 29.0 Å². The fourth-order valence-corrected chi connectivity index (χ4v) is 2.03. The molecule has 0 unspecified atom stereocenters. The number of nitrogens with zero attached hydrogens (tertiary/aromatic N) is 1. The highest BCUT2D eigenvalue weighted by molar-refractivity contribution is 5.23. The molecule has 0 atom stereocenters. The average Bonchev–Trinajstić information content (AvgIpc) is 2.76. The van der Waals surface area contributed by atoms with Crippen LogP contribution in [-0.4, -0.2) is 5.16 Å². The Balaban J connectivity index is 1.91. The van der Waals surface area contributed by atoms with Gasteiger partial charge in [0, 0.05) is 6.42 Å². The summed E-state index contributed by atoms with van der Waals surface area (Å²) < 4.78 is 9.13. The first-order valence-corrected chi connectivity index (χ1v) is 6.09. The number of hydrogen-bond donors (Lipinski definition) is 0. The molecule has 2 aromatic rings. The van der Waals surface area contributed by atoms with Crippen LogP contribution in [0.15, 0.2) is 44.1 Å². The van der Waals surface area contributed by atoms with Crippen LogP contribution < -0.4 is 5.82 Å². The van der Waals surface area contributed by atoms with E-state index in [0.717, 1.165) is 12.8 Å². The summed E-state index contributed by atoms with van der Waals surface area (Å²) in [6.45, 7) is 4.42. The first-order chi connectivity index (χ1) is 8.58. The van der Waals surface area contributed by atoms with Gasteiger partial charge in [-0.25, -0.2) is 4.79 Å². The monoisotopic (exact) mass is 247 g/mol. The van der Waals surface area contributed by atoms with E-state index in [1.165, 1.54) is 5.56 Å². The summed E-state index contributed by atoms with van der Waals surface area (Å²) in [5.74, 6) is -0.351. The molecule has 0 saturated carbocycles. The number of aromatic nitrogens is 1. The molecule has 0 spiro atoms. The molecule has 0 radical (unpaired) electrons. The lowest BCUT2D eigenvalue weighted by molar-refractivity contribution is 0.334. The lowest BCUT2D eigenvalue weighted by Gasteiger charge is -2.24. The van der Waals surface area contributed by atoms with Crippen molar-refractivity contribution in [3.8, 4) is 0 Å². The van der Waals surface area contributed by atoms with Gasteiger partial charge in [0.25, 0.3) is 0 Å². The predicted octanol–water partition coefficient (Wildman–Crippen LogP) is 2.93. The smallest absolute Gasteiger partial charge is 0.375 e. The van der Waals surface area contributed by atoms with Gasteiger partial charge < -0.3 is 4.42 Å². The molecule has 4 heteroatoms. The second kappa shape index (κ2) is 5.21. The van der Waals surface area contributed by atoms with Crippen LogP contribution in [-0.2, 0) is 11.8 Å². The third-order valence-electron chi connectivity index (χ3n) is 3.17. The Morgan fingerprint density at radius 3 is 2.56 bits per heavy atom. The fourth-order valence-electron chi connectivity index (χ4n) is 2.03. The minimum absolute atomic E-state index is 0.102. The molecule has 1 aromatic heterocycles. The van der Waals surface area contributed by atoms with Crippen molar-refractivity contribution >= 4 is 0 Å². The van der Waals surface area contributed by atoms with E-state index < -0.39 is 5.82 Å². The van der Waals surface area contributed by atoms with Crippen LogP contribution in [0.2, 0.25) is 0 Å². The molecule has 2 rings (SSSR count). The van der Waals surface area contributed by atoms with Gasteiger partial charge in [0.1, 0.15) is 0 Å². The zero-order valence-electron chi connectivity index (χ0n) is 10.7. The number of benzene rings is 1. The van der Waals surface area contributed by atoms with Crippen molar-refractivity contribution in [1.82, 2.24) is 5.16 Å². The standard InChI is InChI=1S/C14H17NO3/c1-14(2,11-7-4-3-5-8-11)10-6-9-12-15-18-13(16)17-12/h3-5,7-8H,6,9-10H2,1-2H3. The molecule has 0 amide bonds. The first-order valence-electron chi connectivity index (χ1n) is 6.09. The number of hydrogen-bond acceptors (Lipinski definition) is 4. The minimum Gasteiger partial charge on any atom is -0.375 e. The van der Waals surface area contributed by atoms with Gasteiger partial charge in [-0.15, -0.1) is 0 Å². The lowest BCUT2D eigenvalue weighted by atomic mass is 9.80. The molecule has 0 N–H and O–H groups in total. The second-order valence-corrected chi connectivity index (χ2v) is 5.03. The van der Waals surface area contributed by atoms with Crippen molar-refractivity contribution in [2.24, 2.45) is 0 Å². The van der Waals surface area contributed by atoms with Crippen LogP contribution in [0, 0.1) is 0 Å². The third kappa shape index (κ3) is 3.09. The highest BCUT2D eigenvalue weighted by atomic mass is 16.6. The van der Waals surface area contributed by atoms with Crippen LogP contribution in [0.25, 0.3) is 0 Å². The predicted molar refractivity (Wildman–Crippen MR) is 67.4 cm³/mol. The van der Waals surface area contributed by atoms with Gasteiger partial charge in [0.2, 0.25) is 5.89 Å². The fraction of sp³-hybridized carbons (Fsp3) is 0.429. The van der Waals surface area contributed by atoms with Crippen molar-refractivity contribution in [3.63, 3.8) is 0 Å². The van der Waals surface area contributed by atoms with Crippen molar-refractivity contribution in [1.29, 1.82) is 0 Å². The quantitative estimate of drug-likeness (QED) is 0.815. The summed E-state index contributed by atoms with van der Waals surface area (Å²) in [6, 6.07) is 10.4. The summed E-state index contributed by atoms with van der Waals surface area (Å²) in [5.41, 5.74) is 1.41. The Bertz CT molecular complexity index is 539.